The Morgan fingerprint density at radius 3 is 2.47 bits per heavy atom. The van der Waals surface area contributed by atoms with Crippen LogP contribution in [-0.2, 0) is 10.0 Å². The van der Waals surface area contributed by atoms with Gasteiger partial charge in [0.25, 0.3) is 0 Å². The second-order valence-corrected chi connectivity index (χ2v) is 4.88. The average Bonchev–Trinajstić information content (AvgIpc) is 2.17. The summed E-state index contributed by atoms with van der Waals surface area (Å²) in [5, 5.41) is 8.81. The second kappa shape index (κ2) is 4.00. The van der Waals surface area contributed by atoms with E-state index in [2.05, 4.69) is 4.72 Å². The molecule has 1 rings (SSSR count). The van der Waals surface area contributed by atoms with E-state index in [4.69, 9.17) is 5.11 Å². The molecule has 0 aliphatic rings. The third kappa shape index (κ3) is 2.34. The number of carboxylic acid groups (broad SMARTS) is 1. The molecule has 0 aliphatic heterocycles. The van der Waals surface area contributed by atoms with Crippen LogP contribution in [0.2, 0.25) is 0 Å². The van der Waals surface area contributed by atoms with E-state index in [0.717, 1.165) is 6.07 Å². The summed E-state index contributed by atoms with van der Waals surface area (Å²) >= 11 is 0. The van der Waals surface area contributed by atoms with Crippen LogP contribution in [0.4, 0.5) is 0 Å². The Morgan fingerprint density at radius 2 is 2.00 bits per heavy atom. The first-order valence-electron chi connectivity index (χ1n) is 4.16. The highest BCUT2D eigenvalue weighted by atomic mass is 32.2. The molecule has 2 N–H and O–H groups in total. The van der Waals surface area contributed by atoms with Crippen molar-refractivity contribution in [2.75, 3.05) is 7.05 Å². The van der Waals surface area contributed by atoms with Crippen LogP contribution in [0.5, 0.6) is 0 Å². The van der Waals surface area contributed by atoms with Gasteiger partial charge in [0.05, 0.1) is 10.5 Å². The van der Waals surface area contributed by atoms with Gasteiger partial charge in [-0.2, -0.15) is 0 Å². The molecule has 15 heavy (non-hydrogen) atoms. The van der Waals surface area contributed by atoms with Gasteiger partial charge in [-0.1, -0.05) is 6.07 Å². The van der Waals surface area contributed by atoms with E-state index in [1.807, 2.05) is 0 Å². The van der Waals surface area contributed by atoms with Crippen LogP contribution in [0.1, 0.15) is 15.9 Å². The van der Waals surface area contributed by atoms with Crippen LogP contribution in [0.15, 0.2) is 23.1 Å². The standard InChI is InChI=1S/C9H11NO4S/c1-6-3-4-7(15(13,14)10-2)5-8(6)9(11)12/h3-5,10H,1-2H3,(H,11,12). The van der Waals surface area contributed by atoms with Crippen molar-refractivity contribution in [2.45, 2.75) is 11.8 Å². The Labute approximate surface area is 87.8 Å². The third-order valence-electron chi connectivity index (χ3n) is 2.02. The summed E-state index contributed by atoms with van der Waals surface area (Å²) in [4.78, 5) is 10.7. The van der Waals surface area contributed by atoms with Crippen LogP contribution < -0.4 is 4.72 Å². The Kier molecular flexibility index (Phi) is 3.11. The van der Waals surface area contributed by atoms with Gasteiger partial charge >= 0.3 is 5.97 Å². The zero-order chi connectivity index (χ0) is 11.6. The summed E-state index contributed by atoms with van der Waals surface area (Å²) in [7, 11) is -2.31. The lowest BCUT2D eigenvalue weighted by Crippen LogP contribution is -2.19. The molecule has 0 amide bonds. The van der Waals surface area contributed by atoms with Crippen molar-refractivity contribution in [2.24, 2.45) is 0 Å². The highest BCUT2D eigenvalue weighted by Crippen LogP contribution is 2.15. The summed E-state index contributed by atoms with van der Waals surface area (Å²) in [6, 6.07) is 3.98. The third-order valence-corrected chi connectivity index (χ3v) is 3.43. The van der Waals surface area contributed by atoms with E-state index in [1.54, 1.807) is 6.92 Å². The van der Waals surface area contributed by atoms with Crippen LogP contribution in [0, 0.1) is 6.92 Å². The maximum atomic E-state index is 11.4. The Bertz CT molecular complexity index is 493. The summed E-state index contributed by atoms with van der Waals surface area (Å²) < 4.78 is 24.9. The molecule has 1 aromatic rings. The van der Waals surface area contributed by atoms with Gasteiger partial charge < -0.3 is 5.11 Å². The fraction of sp³-hybridized carbons (Fsp3) is 0.222. The van der Waals surface area contributed by atoms with Gasteiger partial charge in [0.1, 0.15) is 0 Å². The lowest BCUT2D eigenvalue weighted by atomic mass is 10.1. The van der Waals surface area contributed by atoms with Gasteiger partial charge in [-0.05, 0) is 31.7 Å². The smallest absolute Gasteiger partial charge is 0.335 e. The Balaban J connectivity index is 3.38. The van der Waals surface area contributed by atoms with Crippen LogP contribution >= 0.6 is 0 Å². The summed E-state index contributed by atoms with van der Waals surface area (Å²) in [5.41, 5.74) is 0.517. The Morgan fingerprint density at radius 1 is 1.40 bits per heavy atom. The highest BCUT2D eigenvalue weighted by molar-refractivity contribution is 7.89. The number of nitrogens with one attached hydrogen (secondary N) is 1. The largest absolute Gasteiger partial charge is 0.478 e. The van der Waals surface area contributed by atoms with E-state index in [1.165, 1.54) is 19.2 Å². The number of sulfonamides is 1. The fourth-order valence-corrected chi connectivity index (χ4v) is 1.87. The van der Waals surface area contributed by atoms with Crippen molar-refractivity contribution >= 4 is 16.0 Å². The average molecular weight is 229 g/mol. The molecule has 0 spiro atoms. The lowest BCUT2D eigenvalue weighted by molar-refractivity contribution is 0.0696. The van der Waals surface area contributed by atoms with Crippen LogP contribution in [0.25, 0.3) is 0 Å². The normalized spacial score (nSPS) is 11.3. The monoisotopic (exact) mass is 229 g/mol. The minimum Gasteiger partial charge on any atom is -0.478 e. The highest BCUT2D eigenvalue weighted by Gasteiger charge is 2.15. The number of aromatic carboxylic acids is 1. The molecule has 0 saturated heterocycles. The number of rotatable bonds is 3. The maximum absolute atomic E-state index is 11.4. The van der Waals surface area contributed by atoms with Crippen molar-refractivity contribution in [3.05, 3.63) is 29.3 Å². The predicted octanol–water partition coefficient (Wildman–Crippen LogP) is 0.601. The second-order valence-electron chi connectivity index (χ2n) is 2.99. The van der Waals surface area contributed by atoms with Crippen molar-refractivity contribution in [1.29, 1.82) is 0 Å². The Hall–Kier alpha value is -1.40. The van der Waals surface area contributed by atoms with E-state index in [0.29, 0.717) is 5.56 Å². The van der Waals surface area contributed by atoms with E-state index in [-0.39, 0.29) is 10.5 Å². The molecule has 6 heteroatoms. The molecular formula is C9H11NO4S. The number of hydrogen-bond acceptors (Lipinski definition) is 3. The lowest BCUT2D eigenvalue weighted by Gasteiger charge is -2.05. The molecule has 0 aliphatic carbocycles. The van der Waals surface area contributed by atoms with Gasteiger partial charge in [-0.15, -0.1) is 0 Å². The van der Waals surface area contributed by atoms with Gasteiger partial charge in [-0.3, -0.25) is 0 Å². The first kappa shape index (κ1) is 11.7. The van der Waals surface area contributed by atoms with E-state index < -0.39 is 16.0 Å². The number of carboxylic acids is 1. The molecule has 0 radical (unpaired) electrons. The van der Waals surface area contributed by atoms with Crippen molar-refractivity contribution in [1.82, 2.24) is 4.72 Å². The van der Waals surface area contributed by atoms with Gasteiger partial charge in [-0.25, -0.2) is 17.9 Å². The van der Waals surface area contributed by atoms with Crippen LogP contribution in [-0.4, -0.2) is 26.5 Å². The minimum atomic E-state index is -3.58. The molecule has 82 valence electrons. The van der Waals surface area contributed by atoms with Crippen molar-refractivity contribution < 1.29 is 18.3 Å². The van der Waals surface area contributed by atoms with E-state index in [9.17, 15) is 13.2 Å². The SMILES string of the molecule is CNS(=O)(=O)c1ccc(C)c(C(=O)O)c1. The zero-order valence-electron chi connectivity index (χ0n) is 8.31. The summed E-state index contributed by atoms with van der Waals surface area (Å²) in [5.74, 6) is -1.14. The first-order valence-corrected chi connectivity index (χ1v) is 5.64. The molecule has 0 atom stereocenters. The van der Waals surface area contributed by atoms with Gasteiger partial charge in [0.2, 0.25) is 10.0 Å². The molecule has 0 unspecified atom stereocenters. The molecular weight excluding hydrogens is 218 g/mol. The number of aryl methyl sites for hydroxylation is 1. The van der Waals surface area contributed by atoms with Crippen LogP contribution in [0.3, 0.4) is 0 Å². The van der Waals surface area contributed by atoms with Gasteiger partial charge in [0.15, 0.2) is 0 Å². The molecule has 0 bridgehead atoms. The summed E-state index contributed by atoms with van der Waals surface area (Å²) in [6.45, 7) is 1.61. The molecule has 0 aromatic heterocycles. The zero-order valence-corrected chi connectivity index (χ0v) is 9.13. The van der Waals surface area contributed by atoms with Crippen molar-refractivity contribution in [3.63, 3.8) is 0 Å². The number of hydrogen-bond donors (Lipinski definition) is 2. The number of carbonyl (C=O) groups is 1. The quantitative estimate of drug-likeness (QED) is 0.795. The fourth-order valence-electron chi connectivity index (χ4n) is 1.12. The first-order chi connectivity index (χ1) is 6.88. The van der Waals surface area contributed by atoms with E-state index >= 15 is 0 Å². The molecule has 0 fully saturated rings. The topological polar surface area (TPSA) is 83.5 Å². The summed E-state index contributed by atoms with van der Waals surface area (Å²) in [6.07, 6.45) is 0. The molecule has 0 heterocycles. The van der Waals surface area contributed by atoms with Gasteiger partial charge in [0, 0.05) is 0 Å². The molecule has 0 saturated carbocycles. The molecule has 5 nitrogen and oxygen atoms in total. The van der Waals surface area contributed by atoms with Crippen molar-refractivity contribution in [3.8, 4) is 0 Å². The maximum Gasteiger partial charge on any atom is 0.335 e. The molecule has 1 aromatic carbocycles. The number of benzene rings is 1. The minimum absolute atomic E-state index is 0.00803. The predicted molar refractivity (Wildman–Crippen MR) is 54.4 cm³/mol.